The van der Waals surface area contributed by atoms with Crippen LogP contribution in [0.4, 0.5) is 5.69 Å². The normalized spacial score (nSPS) is 13.0. The van der Waals surface area contributed by atoms with Crippen molar-refractivity contribution < 1.29 is 13.2 Å². The Kier molecular flexibility index (Phi) is 5.67. The molecule has 7 heteroatoms. The molecule has 4 N–H and O–H groups in total. The summed E-state index contributed by atoms with van der Waals surface area (Å²) in [6, 6.07) is 4.13. The Hall–Kier alpha value is -1.44. The quantitative estimate of drug-likeness (QED) is 0.728. The van der Waals surface area contributed by atoms with Crippen LogP contribution in [0.3, 0.4) is 0 Å². The maximum absolute atomic E-state index is 11.8. The average Bonchev–Trinajstić information content (AvgIpc) is 2.41. The maximum Gasteiger partial charge on any atom is 0.241 e. The SMILES string of the molecule is CCCC(N)C(=O)Nc1ccc(C)c(S(=O)(=O)NC)c1. The van der Waals surface area contributed by atoms with Gasteiger partial charge < -0.3 is 11.1 Å². The van der Waals surface area contributed by atoms with Crippen molar-refractivity contribution in [2.75, 3.05) is 12.4 Å². The summed E-state index contributed by atoms with van der Waals surface area (Å²) >= 11 is 0. The van der Waals surface area contributed by atoms with Gasteiger partial charge >= 0.3 is 0 Å². The number of aryl methyl sites for hydroxylation is 1. The van der Waals surface area contributed by atoms with E-state index in [0.29, 0.717) is 17.7 Å². The van der Waals surface area contributed by atoms with Gasteiger partial charge in [-0.2, -0.15) is 0 Å². The van der Waals surface area contributed by atoms with Crippen molar-refractivity contribution in [1.82, 2.24) is 4.72 Å². The van der Waals surface area contributed by atoms with E-state index in [1.54, 1.807) is 19.1 Å². The van der Waals surface area contributed by atoms with Crippen LogP contribution in [0.15, 0.2) is 23.1 Å². The van der Waals surface area contributed by atoms with Crippen LogP contribution in [0.2, 0.25) is 0 Å². The lowest BCUT2D eigenvalue weighted by Crippen LogP contribution is -2.35. The first-order valence-corrected chi connectivity index (χ1v) is 7.90. The number of anilines is 1. The van der Waals surface area contributed by atoms with Crippen LogP contribution in [-0.4, -0.2) is 27.4 Å². The molecule has 0 fully saturated rings. The van der Waals surface area contributed by atoms with Gasteiger partial charge in [0.25, 0.3) is 0 Å². The van der Waals surface area contributed by atoms with Crippen molar-refractivity contribution in [3.8, 4) is 0 Å². The third kappa shape index (κ3) is 4.03. The molecule has 20 heavy (non-hydrogen) atoms. The van der Waals surface area contributed by atoms with Gasteiger partial charge in [0.05, 0.1) is 10.9 Å². The lowest BCUT2D eigenvalue weighted by atomic mass is 10.1. The minimum atomic E-state index is -3.55. The molecule has 112 valence electrons. The number of hydrogen-bond acceptors (Lipinski definition) is 4. The van der Waals surface area contributed by atoms with Crippen molar-refractivity contribution in [2.45, 2.75) is 37.6 Å². The Labute approximate surface area is 119 Å². The Balaban J connectivity index is 3.00. The molecule has 0 aromatic heterocycles. The number of sulfonamides is 1. The van der Waals surface area contributed by atoms with Gasteiger partial charge in [-0.3, -0.25) is 4.79 Å². The number of benzene rings is 1. The molecule has 0 heterocycles. The molecular formula is C13H21N3O3S. The van der Waals surface area contributed by atoms with Gasteiger partial charge in [-0.25, -0.2) is 13.1 Å². The Morgan fingerprint density at radius 2 is 2.05 bits per heavy atom. The fraction of sp³-hybridized carbons (Fsp3) is 0.462. The van der Waals surface area contributed by atoms with Crippen molar-refractivity contribution in [3.63, 3.8) is 0 Å². The second kappa shape index (κ2) is 6.83. The average molecular weight is 299 g/mol. The van der Waals surface area contributed by atoms with E-state index in [1.807, 2.05) is 6.92 Å². The topological polar surface area (TPSA) is 101 Å². The number of amides is 1. The summed E-state index contributed by atoms with van der Waals surface area (Å²) in [5.74, 6) is -0.316. The highest BCUT2D eigenvalue weighted by molar-refractivity contribution is 7.89. The first kappa shape index (κ1) is 16.6. The zero-order valence-corrected chi connectivity index (χ0v) is 12.8. The number of carbonyl (C=O) groups is 1. The first-order valence-electron chi connectivity index (χ1n) is 6.42. The number of nitrogens with one attached hydrogen (secondary N) is 2. The zero-order chi connectivity index (χ0) is 15.3. The molecule has 1 aromatic carbocycles. The van der Waals surface area contributed by atoms with Crippen molar-refractivity contribution in [3.05, 3.63) is 23.8 Å². The second-order valence-corrected chi connectivity index (χ2v) is 6.43. The molecule has 1 aromatic rings. The Morgan fingerprint density at radius 1 is 1.40 bits per heavy atom. The van der Waals surface area contributed by atoms with Crippen LogP contribution in [0.25, 0.3) is 0 Å². The summed E-state index contributed by atoms with van der Waals surface area (Å²) in [5, 5.41) is 2.63. The lowest BCUT2D eigenvalue weighted by Gasteiger charge is -2.13. The Bertz CT molecular complexity index is 585. The molecule has 6 nitrogen and oxygen atoms in total. The minimum absolute atomic E-state index is 0.141. The lowest BCUT2D eigenvalue weighted by molar-refractivity contribution is -0.117. The van der Waals surface area contributed by atoms with E-state index < -0.39 is 16.1 Å². The van der Waals surface area contributed by atoms with Gasteiger partial charge in [-0.1, -0.05) is 19.4 Å². The highest BCUT2D eigenvalue weighted by Gasteiger charge is 2.17. The van der Waals surface area contributed by atoms with E-state index in [-0.39, 0.29) is 10.8 Å². The summed E-state index contributed by atoms with van der Waals surface area (Å²) in [5.41, 5.74) is 6.74. The number of rotatable bonds is 6. The van der Waals surface area contributed by atoms with Crippen LogP contribution in [0, 0.1) is 6.92 Å². The van der Waals surface area contributed by atoms with E-state index in [9.17, 15) is 13.2 Å². The number of hydrogen-bond donors (Lipinski definition) is 3. The molecule has 0 saturated carbocycles. The van der Waals surface area contributed by atoms with Crippen LogP contribution in [0.1, 0.15) is 25.3 Å². The third-order valence-electron chi connectivity index (χ3n) is 2.95. The van der Waals surface area contributed by atoms with Gasteiger partial charge in [0.2, 0.25) is 15.9 Å². The van der Waals surface area contributed by atoms with Gasteiger partial charge in [-0.05, 0) is 38.1 Å². The third-order valence-corrected chi connectivity index (χ3v) is 4.51. The van der Waals surface area contributed by atoms with Crippen LogP contribution in [-0.2, 0) is 14.8 Å². The molecule has 0 aliphatic heterocycles. The molecule has 0 spiro atoms. The fourth-order valence-electron chi connectivity index (χ4n) is 1.75. The molecule has 0 aliphatic carbocycles. The van der Waals surface area contributed by atoms with Crippen LogP contribution in [0.5, 0.6) is 0 Å². The molecule has 1 rings (SSSR count). The maximum atomic E-state index is 11.8. The summed E-state index contributed by atoms with van der Waals surface area (Å²) in [6.45, 7) is 3.63. The highest BCUT2D eigenvalue weighted by Crippen LogP contribution is 2.20. The number of carbonyl (C=O) groups excluding carboxylic acids is 1. The van der Waals surface area contributed by atoms with Crippen LogP contribution < -0.4 is 15.8 Å². The minimum Gasteiger partial charge on any atom is -0.325 e. The molecule has 0 aliphatic rings. The van der Waals surface area contributed by atoms with Crippen LogP contribution >= 0.6 is 0 Å². The summed E-state index contributed by atoms with van der Waals surface area (Å²) < 4.78 is 26.0. The summed E-state index contributed by atoms with van der Waals surface area (Å²) in [4.78, 5) is 12.0. The zero-order valence-electron chi connectivity index (χ0n) is 11.9. The second-order valence-electron chi connectivity index (χ2n) is 4.57. The van der Waals surface area contributed by atoms with Gasteiger partial charge in [0.15, 0.2) is 0 Å². The predicted octanol–water partition coefficient (Wildman–Crippen LogP) is 0.969. The highest BCUT2D eigenvalue weighted by atomic mass is 32.2. The van der Waals surface area contributed by atoms with E-state index in [0.717, 1.165) is 6.42 Å². The van der Waals surface area contributed by atoms with E-state index in [2.05, 4.69) is 10.0 Å². The molecule has 1 amide bonds. The molecule has 0 bridgehead atoms. The predicted molar refractivity (Wildman–Crippen MR) is 78.9 cm³/mol. The summed E-state index contributed by atoms with van der Waals surface area (Å²) in [6.07, 6.45) is 1.39. The summed E-state index contributed by atoms with van der Waals surface area (Å²) in [7, 11) is -2.21. The van der Waals surface area contributed by atoms with Crippen molar-refractivity contribution >= 4 is 21.6 Å². The van der Waals surface area contributed by atoms with E-state index in [4.69, 9.17) is 5.73 Å². The largest absolute Gasteiger partial charge is 0.325 e. The van der Waals surface area contributed by atoms with Gasteiger partial charge in [0, 0.05) is 5.69 Å². The van der Waals surface area contributed by atoms with Gasteiger partial charge in [-0.15, -0.1) is 0 Å². The molecule has 1 unspecified atom stereocenters. The van der Waals surface area contributed by atoms with E-state index in [1.165, 1.54) is 13.1 Å². The number of nitrogens with two attached hydrogens (primary N) is 1. The Morgan fingerprint density at radius 3 is 2.60 bits per heavy atom. The standard InChI is InChI=1S/C13H21N3O3S/c1-4-5-11(14)13(17)16-10-7-6-9(2)12(8-10)20(18,19)15-3/h6-8,11,15H,4-5,14H2,1-3H3,(H,16,17). The monoisotopic (exact) mass is 299 g/mol. The van der Waals surface area contributed by atoms with Gasteiger partial charge in [0.1, 0.15) is 0 Å². The molecule has 1 atom stereocenters. The smallest absolute Gasteiger partial charge is 0.241 e. The first-order chi connectivity index (χ1) is 9.31. The van der Waals surface area contributed by atoms with E-state index >= 15 is 0 Å². The fourth-order valence-corrected chi connectivity index (χ4v) is 2.75. The molecule has 0 radical (unpaired) electrons. The van der Waals surface area contributed by atoms with Crippen molar-refractivity contribution in [2.24, 2.45) is 5.73 Å². The van der Waals surface area contributed by atoms with Crippen molar-refractivity contribution in [1.29, 1.82) is 0 Å². The molecular weight excluding hydrogens is 278 g/mol. The molecule has 0 saturated heterocycles.